The van der Waals surface area contributed by atoms with Crippen LogP contribution in [0.2, 0.25) is 0 Å². The summed E-state index contributed by atoms with van der Waals surface area (Å²) < 4.78 is 5.79. The maximum Gasteiger partial charge on any atom is 0.407 e. The van der Waals surface area contributed by atoms with Crippen molar-refractivity contribution >= 4 is 11.9 Å². The number of carbonyl (C=O) groups is 2. The van der Waals surface area contributed by atoms with Crippen LogP contribution in [0.5, 0.6) is 5.75 Å². The number of rotatable bonds is 4. The van der Waals surface area contributed by atoms with Crippen LogP contribution in [0.15, 0.2) is 18.2 Å². The normalized spacial score (nSPS) is 21.0. The third-order valence-corrected chi connectivity index (χ3v) is 4.49. The van der Waals surface area contributed by atoms with Crippen molar-refractivity contribution in [1.29, 1.82) is 0 Å². The number of nitrogens with one attached hydrogen (secondary N) is 1. The lowest BCUT2D eigenvalue weighted by atomic mass is 9.90. The van der Waals surface area contributed by atoms with Crippen LogP contribution in [0.3, 0.4) is 0 Å². The van der Waals surface area contributed by atoms with E-state index >= 15 is 0 Å². The van der Waals surface area contributed by atoms with Crippen LogP contribution in [-0.2, 0) is 6.42 Å². The molecular weight excluding hydrogens is 296 g/mol. The van der Waals surface area contributed by atoms with E-state index in [4.69, 9.17) is 9.84 Å². The molecule has 1 aromatic rings. The highest BCUT2D eigenvalue weighted by Crippen LogP contribution is 2.25. The summed E-state index contributed by atoms with van der Waals surface area (Å²) in [6.45, 7) is 2.23. The van der Waals surface area contributed by atoms with Crippen molar-refractivity contribution in [3.8, 4) is 5.75 Å². The van der Waals surface area contributed by atoms with Gasteiger partial charge in [0.1, 0.15) is 5.75 Å². The molecule has 0 unspecified atom stereocenters. The molecule has 1 aromatic carbocycles. The van der Waals surface area contributed by atoms with Crippen molar-refractivity contribution in [2.45, 2.75) is 31.7 Å². The molecule has 2 N–H and O–H groups in total. The summed E-state index contributed by atoms with van der Waals surface area (Å²) in [5, 5.41) is 12.3. The van der Waals surface area contributed by atoms with Crippen LogP contribution in [0.25, 0.3) is 0 Å². The number of carbonyl (C=O) groups excluding carboxylic acids is 1. The average molecular weight is 318 g/mol. The average Bonchev–Trinajstić information content (AvgIpc) is 2.55. The molecule has 0 saturated carbocycles. The van der Waals surface area contributed by atoms with Crippen molar-refractivity contribution in [3.63, 3.8) is 0 Å². The molecule has 124 valence electrons. The minimum atomic E-state index is -0.864. The van der Waals surface area contributed by atoms with Gasteiger partial charge in [0.2, 0.25) is 0 Å². The fourth-order valence-corrected chi connectivity index (χ4v) is 3.22. The Morgan fingerprint density at radius 3 is 3.09 bits per heavy atom. The Balaban J connectivity index is 1.51. The summed E-state index contributed by atoms with van der Waals surface area (Å²) in [4.78, 5) is 24.2. The van der Waals surface area contributed by atoms with Crippen LogP contribution in [0.4, 0.5) is 4.79 Å². The van der Waals surface area contributed by atoms with Gasteiger partial charge in [-0.1, -0.05) is 0 Å². The highest BCUT2D eigenvalue weighted by Gasteiger charge is 2.22. The number of piperazine rings is 1. The minimum absolute atomic E-state index is 0.124. The lowest BCUT2D eigenvalue weighted by Crippen LogP contribution is -2.52. The Bertz CT molecular complexity index is 602. The van der Waals surface area contributed by atoms with E-state index in [2.05, 4.69) is 5.32 Å². The van der Waals surface area contributed by atoms with Gasteiger partial charge in [-0.3, -0.25) is 4.79 Å². The zero-order chi connectivity index (χ0) is 16.2. The lowest BCUT2D eigenvalue weighted by Gasteiger charge is -2.31. The van der Waals surface area contributed by atoms with Gasteiger partial charge < -0.3 is 20.1 Å². The number of fused-ring (bicyclic) bond motifs is 1. The van der Waals surface area contributed by atoms with Crippen molar-refractivity contribution in [2.24, 2.45) is 0 Å². The molecular formula is C17H22N2O4. The first-order valence-electron chi connectivity index (χ1n) is 8.13. The quantitative estimate of drug-likeness (QED) is 0.887. The number of ether oxygens (including phenoxy) is 1. The van der Waals surface area contributed by atoms with E-state index in [0.29, 0.717) is 32.7 Å². The third-order valence-electron chi connectivity index (χ3n) is 4.49. The molecule has 1 fully saturated rings. The summed E-state index contributed by atoms with van der Waals surface area (Å²) >= 11 is 0. The summed E-state index contributed by atoms with van der Waals surface area (Å²) in [7, 11) is 0. The largest absolute Gasteiger partial charge is 0.494 e. The van der Waals surface area contributed by atoms with Crippen LogP contribution < -0.4 is 10.1 Å². The first-order valence-corrected chi connectivity index (χ1v) is 8.13. The van der Waals surface area contributed by atoms with E-state index in [-0.39, 0.29) is 11.8 Å². The van der Waals surface area contributed by atoms with Gasteiger partial charge in [0, 0.05) is 37.7 Å². The maximum absolute atomic E-state index is 11.8. The Kier molecular flexibility index (Phi) is 4.81. The number of benzene rings is 1. The molecule has 6 nitrogen and oxygen atoms in total. The Morgan fingerprint density at radius 2 is 2.26 bits per heavy atom. The number of hydrogen-bond donors (Lipinski definition) is 2. The van der Waals surface area contributed by atoms with E-state index in [1.165, 1.54) is 4.90 Å². The van der Waals surface area contributed by atoms with Crippen LogP contribution in [0.1, 0.15) is 35.2 Å². The molecule has 3 rings (SSSR count). The monoisotopic (exact) mass is 318 g/mol. The molecule has 1 atom stereocenters. The highest BCUT2D eigenvalue weighted by molar-refractivity contribution is 5.98. The molecule has 6 heteroatoms. The second-order valence-corrected chi connectivity index (χ2v) is 6.11. The summed E-state index contributed by atoms with van der Waals surface area (Å²) in [6.07, 6.45) is 2.36. The van der Waals surface area contributed by atoms with Gasteiger partial charge in [-0.25, -0.2) is 4.79 Å². The highest BCUT2D eigenvalue weighted by atomic mass is 16.5. The predicted octanol–water partition coefficient (Wildman–Crippen LogP) is 1.93. The van der Waals surface area contributed by atoms with Crippen LogP contribution in [-0.4, -0.2) is 54.2 Å². The van der Waals surface area contributed by atoms with Crippen molar-refractivity contribution in [3.05, 3.63) is 29.3 Å². The summed E-state index contributed by atoms with van der Waals surface area (Å²) in [5.41, 5.74) is 1.90. The third kappa shape index (κ3) is 3.82. The summed E-state index contributed by atoms with van der Waals surface area (Å²) in [5.74, 6) is 1.00. The molecule has 0 spiro atoms. The van der Waals surface area contributed by atoms with Gasteiger partial charge in [0.15, 0.2) is 5.78 Å². The van der Waals surface area contributed by atoms with E-state index in [1.54, 1.807) is 0 Å². The van der Waals surface area contributed by atoms with Gasteiger partial charge in [-0.2, -0.15) is 0 Å². The van der Waals surface area contributed by atoms with Gasteiger partial charge in [0.25, 0.3) is 0 Å². The van der Waals surface area contributed by atoms with Crippen LogP contribution >= 0.6 is 0 Å². The number of carboxylic acid groups (broad SMARTS) is 1. The van der Waals surface area contributed by atoms with E-state index in [0.717, 1.165) is 36.1 Å². The van der Waals surface area contributed by atoms with Crippen molar-refractivity contribution < 1.29 is 19.4 Å². The molecule has 1 aliphatic carbocycles. The number of aryl methyl sites for hydroxylation is 1. The number of amides is 1. The zero-order valence-electron chi connectivity index (χ0n) is 13.1. The van der Waals surface area contributed by atoms with Crippen molar-refractivity contribution in [1.82, 2.24) is 10.2 Å². The topological polar surface area (TPSA) is 78.9 Å². The zero-order valence-corrected chi connectivity index (χ0v) is 13.1. The van der Waals surface area contributed by atoms with E-state index in [1.807, 2.05) is 18.2 Å². The lowest BCUT2D eigenvalue weighted by molar-refractivity contribution is 0.0972. The molecule has 1 amide bonds. The first kappa shape index (κ1) is 15.8. The van der Waals surface area contributed by atoms with Crippen LogP contribution in [0, 0.1) is 0 Å². The van der Waals surface area contributed by atoms with Crippen molar-refractivity contribution in [2.75, 3.05) is 26.2 Å². The first-order chi connectivity index (χ1) is 11.1. The minimum Gasteiger partial charge on any atom is -0.494 e. The maximum atomic E-state index is 11.8. The smallest absolute Gasteiger partial charge is 0.407 e. The van der Waals surface area contributed by atoms with Gasteiger partial charge >= 0.3 is 6.09 Å². The molecule has 0 aromatic heterocycles. The fourth-order valence-electron chi connectivity index (χ4n) is 3.22. The predicted molar refractivity (Wildman–Crippen MR) is 85.2 cm³/mol. The molecule has 0 radical (unpaired) electrons. The number of hydrogen-bond acceptors (Lipinski definition) is 4. The summed E-state index contributed by atoms with van der Waals surface area (Å²) in [6, 6.07) is 5.79. The molecule has 1 saturated heterocycles. The Hall–Kier alpha value is -2.08. The standard InChI is InChI=1S/C17H22N2O4/c20-16-3-1-2-12-10-14(4-5-15(12)16)23-9-6-13-11-19(17(21)22)8-7-18-13/h4-5,10,13,18H,1-3,6-9,11H2,(H,21,22)/t13-/m1/s1. The SMILES string of the molecule is O=C1CCCc2cc(OCC[C@@H]3CN(C(=O)O)CCN3)ccc21. The van der Waals surface area contributed by atoms with Gasteiger partial charge in [-0.15, -0.1) is 0 Å². The number of nitrogens with zero attached hydrogens (tertiary/aromatic N) is 1. The Labute approximate surface area is 135 Å². The molecule has 1 heterocycles. The molecule has 2 aliphatic rings. The van der Waals surface area contributed by atoms with E-state index in [9.17, 15) is 9.59 Å². The molecule has 1 aliphatic heterocycles. The van der Waals surface area contributed by atoms with Gasteiger partial charge in [-0.05, 0) is 43.0 Å². The van der Waals surface area contributed by atoms with E-state index < -0.39 is 6.09 Å². The molecule has 23 heavy (non-hydrogen) atoms. The second-order valence-electron chi connectivity index (χ2n) is 6.11. The van der Waals surface area contributed by atoms with Gasteiger partial charge in [0.05, 0.1) is 6.61 Å². The second kappa shape index (κ2) is 7.00. The number of Topliss-reactive ketones (excluding diaryl/α,β-unsaturated/α-hetero) is 1. The molecule has 0 bridgehead atoms. The Morgan fingerprint density at radius 1 is 1.39 bits per heavy atom. The fraction of sp³-hybridized carbons (Fsp3) is 0.529. The number of ketones is 1.